The third-order valence-electron chi connectivity index (χ3n) is 3.89. The van der Waals surface area contributed by atoms with Crippen molar-refractivity contribution in [1.29, 1.82) is 0 Å². The van der Waals surface area contributed by atoms with E-state index in [1.54, 1.807) is 36.9 Å². The van der Waals surface area contributed by atoms with Crippen molar-refractivity contribution in [2.75, 3.05) is 6.61 Å². The summed E-state index contributed by atoms with van der Waals surface area (Å²) in [6, 6.07) is 15.2. The van der Waals surface area contributed by atoms with Gasteiger partial charge in [-0.05, 0) is 62.8 Å². The first-order chi connectivity index (χ1) is 13.9. The number of carbonyl (C=O) groups is 1. The maximum absolute atomic E-state index is 11.5. The predicted molar refractivity (Wildman–Crippen MR) is 114 cm³/mol. The Hall–Kier alpha value is -3.26. The lowest BCUT2D eigenvalue weighted by Gasteiger charge is -2.09. The average molecular weight is 410 g/mol. The highest BCUT2D eigenvalue weighted by atomic mass is 32.1. The lowest BCUT2D eigenvalue weighted by molar-refractivity contribution is -0.149. The molecule has 0 unspecified atom stereocenters. The molecule has 7 nitrogen and oxygen atoms in total. The summed E-state index contributed by atoms with van der Waals surface area (Å²) in [4.78, 5) is 11.5. The van der Waals surface area contributed by atoms with Gasteiger partial charge >= 0.3 is 5.97 Å². The third kappa shape index (κ3) is 5.61. The third-order valence-corrected chi connectivity index (χ3v) is 4.15. The number of ether oxygens (including phenoxy) is 2. The molecule has 150 valence electrons. The number of aromatic nitrogens is 3. The van der Waals surface area contributed by atoms with E-state index in [1.807, 2.05) is 43.3 Å². The highest BCUT2D eigenvalue weighted by Gasteiger charge is 2.08. The van der Waals surface area contributed by atoms with E-state index in [0.29, 0.717) is 16.3 Å². The molecule has 1 heterocycles. The Morgan fingerprint density at radius 1 is 1.21 bits per heavy atom. The maximum atomic E-state index is 11.5. The van der Waals surface area contributed by atoms with Crippen molar-refractivity contribution in [2.24, 2.45) is 5.10 Å². The number of nitrogens with zero attached hydrogens (tertiary/aromatic N) is 3. The van der Waals surface area contributed by atoms with Crippen molar-refractivity contribution in [2.45, 2.75) is 26.9 Å². The van der Waals surface area contributed by atoms with E-state index in [-0.39, 0.29) is 12.7 Å². The molecule has 29 heavy (non-hydrogen) atoms. The summed E-state index contributed by atoms with van der Waals surface area (Å²) in [7, 11) is 0. The van der Waals surface area contributed by atoms with E-state index < -0.39 is 5.97 Å². The molecule has 0 spiro atoms. The standard InChI is InChI=1S/C21H22N4O3S/c1-14(2)28-19(26)13-27-18-10-6-16(7-11-18)12-22-25-20(23-24-21(25)29)17-8-4-15(3)5-9-17/h4-12,14H,13H2,1-3H3,(H,24,29)/b22-12+. The largest absolute Gasteiger partial charge is 0.482 e. The molecule has 2 aromatic carbocycles. The molecule has 1 N–H and O–H groups in total. The first kappa shape index (κ1) is 20.5. The molecule has 0 bridgehead atoms. The minimum atomic E-state index is -0.399. The van der Waals surface area contributed by atoms with Crippen LogP contribution in [0.25, 0.3) is 11.4 Å². The van der Waals surface area contributed by atoms with Crippen LogP contribution < -0.4 is 4.74 Å². The lowest BCUT2D eigenvalue weighted by atomic mass is 10.1. The number of carbonyl (C=O) groups excluding carboxylic acids is 1. The first-order valence-corrected chi connectivity index (χ1v) is 9.54. The molecule has 0 aliphatic heterocycles. The van der Waals surface area contributed by atoms with E-state index in [1.165, 1.54) is 0 Å². The van der Waals surface area contributed by atoms with Crippen LogP contribution in [-0.4, -0.2) is 39.8 Å². The van der Waals surface area contributed by atoms with Gasteiger partial charge in [-0.2, -0.15) is 14.9 Å². The highest BCUT2D eigenvalue weighted by molar-refractivity contribution is 7.71. The Morgan fingerprint density at radius 2 is 1.90 bits per heavy atom. The zero-order chi connectivity index (χ0) is 20.8. The summed E-state index contributed by atoms with van der Waals surface area (Å²) < 4.78 is 12.4. The van der Waals surface area contributed by atoms with Crippen LogP contribution in [-0.2, 0) is 9.53 Å². The SMILES string of the molecule is Cc1ccc(-c2n[nH]c(=S)n2/N=C/c2ccc(OCC(=O)OC(C)C)cc2)cc1. The van der Waals surface area contributed by atoms with Gasteiger partial charge in [0.25, 0.3) is 0 Å². The van der Waals surface area contributed by atoms with Gasteiger partial charge < -0.3 is 9.47 Å². The van der Waals surface area contributed by atoms with Crippen LogP contribution in [0, 0.1) is 11.7 Å². The molecule has 0 radical (unpaired) electrons. The van der Waals surface area contributed by atoms with Crippen molar-refractivity contribution in [3.8, 4) is 17.1 Å². The first-order valence-electron chi connectivity index (χ1n) is 9.13. The highest BCUT2D eigenvalue weighted by Crippen LogP contribution is 2.18. The molecule has 0 fully saturated rings. The van der Waals surface area contributed by atoms with Crippen LogP contribution in [0.15, 0.2) is 53.6 Å². The molecule has 0 aliphatic carbocycles. The molecule has 8 heteroatoms. The number of hydrogen-bond acceptors (Lipinski definition) is 6. The molecular weight excluding hydrogens is 388 g/mol. The van der Waals surface area contributed by atoms with E-state index in [0.717, 1.165) is 16.7 Å². The van der Waals surface area contributed by atoms with Gasteiger partial charge in [0, 0.05) is 5.56 Å². The summed E-state index contributed by atoms with van der Waals surface area (Å²) in [5, 5.41) is 11.5. The zero-order valence-corrected chi connectivity index (χ0v) is 17.3. The Labute approximate surface area is 174 Å². The van der Waals surface area contributed by atoms with Crippen LogP contribution in [0.4, 0.5) is 0 Å². The second kappa shape index (κ2) is 9.29. The monoisotopic (exact) mass is 410 g/mol. The summed E-state index contributed by atoms with van der Waals surface area (Å²) in [5.74, 6) is 0.807. The number of rotatable bonds is 7. The van der Waals surface area contributed by atoms with Crippen molar-refractivity contribution in [3.63, 3.8) is 0 Å². The van der Waals surface area contributed by atoms with Crippen LogP contribution in [0.2, 0.25) is 0 Å². The van der Waals surface area contributed by atoms with Gasteiger partial charge in [0.05, 0.1) is 12.3 Å². The van der Waals surface area contributed by atoms with Gasteiger partial charge in [-0.1, -0.05) is 29.8 Å². The number of H-pyrrole nitrogens is 1. The minimum absolute atomic E-state index is 0.129. The van der Waals surface area contributed by atoms with Crippen LogP contribution in [0.5, 0.6) is 5.75 Å². The van der Waals surface area contributed by atoms with Gasteiger partial charge in [-0.15, -0.1) is 0 Å². The quantitative estimate of drug-likeness (QED) is 0.360. The second-order valence-electron chi connectivity index (χ2n) is 6.67. The average Bonchev–Trinajstić information content (AvgIpc) is 3.06. The minimum Gasteiger partial charge on any atom is -0.482 e. The maximum Gasteiger partial charge on any atom is 0.344 e. The summed E-state index contributed by atoms with van der Waals surface area (Å²) in [5.41, 5.74) is 2.93. The van der Waals surface area contributed by atoms with Crippen LogP contribution in [0.3, 0.4) is 0 Å². The Morgan fingerprint density at radius 3 is 2.55 bits per heavy atom. The number of aromatic amines is 1. The summed E-state index contributed by atoms with van der Waals surface area (Å²) in [6.45, 7) is 5.49. The van der Waals surface area contributed by atoms with E-state index in [2.05, 4.69) is 15.3 Å². The van der Waals surface area contributed by atoms with Crippen molar-refractivity contribution >= 4 is 24.4 Å². The molecule has 1 aromatic heterocycles. The van der Waals surface area contributed by atoms with Gasteiger partial charge in [0.15, 0.2) is 12.4 Å². The number of aryl methyl sites for hydroxylation is 1. The molecule has 0 aliphatic rings. The van der Waals surface area contributed by atoms with E-state index in [9.17, 15) is 4.79 Å². The lowest BCUT2D eigenvalue weighted by Crippen LogP contribution is -2.18. The van der Waals surface area contributed by atoms with Gasteiger partial charge in [-0.3, -0.25) is 0 Å². The topological polar surface area (TPSA) is 81.5 Å². The van der Waals surface area contributed by atoms with Gasteiger partial charge in [-0.25, -0.2) is 9.89 Å². The summed E-state index contributed by atoms with van der Waals surface area (Å²) in [6.07, 6.45) is 1.52. The van der Waals surface area contributed by atoms with Crippen molar-refractivity contribution in [1.82, 2.24) is 14.9 Å². The fourth-order valence-electron chi connectivity index (χ4n) is 2.50. The fraction of sp³-hybridized carbons (Fsp3) is 0.238. The Bertz CT molecular complexity index is 1050. The van der Waals surface area contributed by atoms with E-state index in [4.69, 9.17) is 21.7 Å². The van der Waals surface area contributed by atoms with Gasteiger partial charge in [0.1, 0.15) is 5.75 Å². The molecule has 0 amide bonds. The number of benzene rings is 2. The smallest absolute Gasteiger partial charge is 0.344 e. The Kier molecular flexibility index (Phi) is 6.56. The molecule has 3 aromatic rings. The van der Waals surface area contributed by atoms with Crippen LogP contribution in [0.1, 0.15) is 25.0 Å². The molecule has 0 atom stereocenters. The normalized spacial score (nSPS) is 11.2. The number of esters is 1. The second-order valence-corrected chi connectivity index (χ2v) is 7.06. The molecule has 3 rings (SSSR count). The fourth-order valence-corrected chi connectivity index (χ4v) is 2.68. The number of nitrogens with one attached hydrogen (secondary N) is 1. The molecular formula is C21H22N4O3S. The summed E-state index contributed by atoms with van der Waals surface area (Å²) >= 11 is 5.29. The van der Waals surface area contributed by atoms with E-state index >= 15 is 0 Å². The molecule has 0 saturated carbocycles. The van der Waals surface area contributed by atoms with Crippen molar-refractivity contribution in [3.05, 3.63) is 64.4 Å². The van der Waals surface area contributed by atoms with Gasteiger partial charge in [0.2, 0.25) is 4.77 Å². The molecule has 0 saturated heterocycles. The Balaban J connectivity index is 1.69. The van der Waals surface area contributed by atoms with Crippen LogP contribution >= 0.6 is 12.2 Å². The predicted octanol–water partition coefficient (Wildman–Crippen LogP) is 4.13. The van der Waals surface area contributed by atoms with Crippen molar-refractivity contribution < 1.29 is 14.3 Å². The number of hydrogen-bond donors (Lipinski definition) is 1. The zero-order valence-electron chi connectivity index (χ0n) is 16.5.